The zero-order chi connectivity index (χ0) is 14.2. The standard InChI is InChI=1S/C18H25N3/c1-21-15-6-7-16(21)11-14(10-15)19-9-8-13-12-20-18-5-3-2-4-17(13)18/h2-5,12,14-16,19-20H,6-11H2,1H3/t15-,16-/m0/s1. The first-order valence-electron chi connectivity index (χ1n) is 8.31. The summed E-state index contributed by atoms with van der Waals surface area (Å²) in [4.78, 5) is 5.98. The summed E-state index contributed by atoms with van der Waals surface area (Å²) in [6, 6.07) is 11.0. The number of aromatic amines is 1. The summed E-state index contributed by atoms with van der Waals surface area (Å²) in [5, 5.41) is 5.18. The van der Waals surface area contributed by atoms with Crippen LogP contribution in [0.4, 0.5) is 0 Å². The Kier molecular flexibility index (Phi) is 3.48. The molecular formula is C18H25N3. The second kappa shape index (κ2) is 5.47. The fourth-order valence-electron chi connectivity index (χ4n) is 4.33. The Labute approximate surface area is 126 Å². The van der Waals surface area contributed by atoms with Crippen molar-refractivity contribution in [3.8, 4) is 0 Å². The van der Waals surface area contributed by atoms with Crippen LogP contribution in [0.3, 0.4) is 0 Å². The molecule has 2 aliphatic heterocycles. The SMILES string of the molecule is CN1[C@H]2CC[C@H]1CC(NCCc1c[nH]c3ccccc13)C2. The predicted octanol–water partition coefficient (Wildman–Crippen LogP) is 2.93. The predicted molar refractivity (Wildman–Crippen MR) is 87.6 cm³/mol. The van der Waals surface area contributed by atoms with Crippen LogP contribution >= 0.6 is 0 Å². The number of aromatic nitrogens is 1. The lowest BCUT2D eigenvalue weighted by molar-refractivity contribution is 0.149. The number of hydrogen-bond donors (Lipinski definition) is 2. The first-order chi connectivity index (χ1) is 10.3. The van der Waals surface area contributed by atoms with Crippen molar-refractivity contribution in [2.45, 2.75) is 50.2 Å². The van der Waals surface area contributed by atoms with Crippen LogP contribution < -0.4 is 5.32 Å². The monoisotopic (exact) mass is 283 g/mol. The second-order valence-corrected chi connectivity index (χ2v) is 6.78. The molecule has 2 saturated heterocycles. The number of hydrogen-bond acceptors (Lipinski definition) is 2. The van der Waals surface area contributed by atoms with Crippen LogP contribution in [-0.4, -0.2) is 41.6 Å². The van der Waals surface area contributed by atoms with Gasteiger partial charge in [0, 0.05) is 35.2 Å². The molecule has 2 N–H and O–H groups in total. The topological polar surface area (TPSA) is 31.1 Å². The molecule has 2 aliphatic rings. The lowest BCUT2D eigenvalue weighted by Crippen LogP contribution is -2.47. The zero-order valence-electron chi connectivity index (χ0n) is 12.8. The van der Waals surface area contributed by atoms with E-state index in [4.69, 9.17) is 0 Å². The molecule has 0 aliphatic carbocycles. The average Bonchev–Trinajstić information content (AvgIpc) is 2.97. The highest BCUT2D eigenvalue weighted by molar-refractivity contribution is 5.83. The van der Waals surface area contributed by atoms with E-state index in [0.717, 1.165) is 31.1 Å². The second-order valence-electron chi connectivity index (χ2n) is 6.78. The molecule has 3 heteroatoms. The van der Waals surface area contributed by atoms with E-state index < -0.39 is 0 Å². The van der Waals surface area contributed by atoms with Crippen LogP contribution in [0.2, 0.25) is 0 Å². The van der Waals surface area contributed by atoms with Crippen LogP contribution in [0.25, 0.3) is 10.9 Å². The summed E-state index contributed by atoms with van der Waals surface area (Å²) < 4.78 is 0. The molecule has 0 amide bonds. The molecule has 1 aromatic carbocycles. The molecule has 1 aromatic heterocycles. The third kappa shape index (κ3) is 2.49. The van der Waals surface area contributed by atoms with E-state index in [0.29, 0.717) is 0 Å². The smallest absolute Gasteiger partial charge is 0.0456 e. The van der Waals surface area contributed by atoms with E-state index in [1.165, 1.54) is 42.1 Å². The molecule has 21 heavy (non-hydrogen) atoms. The number of para-hydroxylation sites is 1. The maximum absolute atomic E-state index is 3.81. The lowest BCUT2D eigenvalue weighted by atomic mass is 9.98. The Morgan fingerprint density at radius 1 is 1.19 bits per heavy atom. The number of benzene rings is 1. The molecule has 3 heterocycles. The van der Waals surface area contributed by atoms with Gasteiger partial charge in [-0.2, -0.15) is 0 Å². The van der Waals surface area contributed by atoms with E-state index in [9.17, 15) is 0 Å². The van der Waals surface area contributed by atoms with E-state index in [2.05, 4.69) is 52.7 Å². The van der Waals surface area contributed by atoms with Gasteiger partial charge >= 0.3 is 0 Å². The quantitative estimate of drug-likeness (QED) is 0.904. The Balaban J connectivity index is 1.34. The van der Waals surface area contributed by atoms with Crippen molar-refractivity contribution in [3.05, 3.63) is 36.0 Å². The van der Waals surface area contributed by atoms with E-state index in [-0.39, 0.29) is 0 Å². The number of H-pyrrole nitrogens is 1. The summed E-state index contributed by atoms with van der Waals surface area (Å²) >= 11 is 0. The molecule has 2 fully saturated rings. The molecule has 0 unspecified atom stereocenters. The van der Waals surface area contributed by atoms with Crippen molar-refractivity contribution >= 4 is 10.9 Å². The lowest BCUT2D eigenvalue weighted by Gasteiger charge is -2.36. The molecule has 112 valence electrons. The molecule has 2 aromatic rings. The largest absolute Gasteiger partial charge is 0.361 e. The Morgan fingerprint density at radius 2 is 1.95 bits per heavy atom. The molecule has 0 radical (unpaired) electrons. The van der Waals surface area contributed by atoms with E-state index >= 15 is 0 Å². The maximum atomic E-state index is 3.81. The van der Waals surface area contributed by atoms with Gasteiger partial charge in [0.2, 0.25) is 0 Å². The molecule has 3 nitrogen and oxygen atoms in total. The average molecular weight is 283 g/mol. The van der Waals surface area contributed by atoms with Crippen molar-refractivity contribution in [2.75, 3.05) is 13.6 Å². The van der Waals surface area contributed by atoms with Gasteiger partial charge in [-0.3, -0.25) is 0 Å². The van der Waals surface area contributed by atoms with Crippen molar-refractivity contribution in [1.29, 1.82) is 0 Å². The van der Waals surface area contributed by atoms with Crippen molar-refractivity contribution < 1.29 is 0 Å². The molecular weight excluding hydrogens is 258 g/mol. The van der Waals surface area contributed by atoms with Gasteiger partial charge in [-0.15, -0.1) is 0 Å². The van der Waals surface area contributed by atoms with Crippen molar-refractivity contribution in [3.63, 3.8) is 0 Å². The minimum Gasteiger partial charge on any atom is -0.361 e. The molecule has 4 rings (SSSR count). The van der Waals surface area contributed by atoms with Crippen LogP contribution in [0, 0.1) is 0 Å². The molecule has 2 bridgehead atoms. The van der Waals surface area contributed by atoms with Gasteiger partial charge in [-0.1, -0.05) is 18.2 Å². The zero-order valence-corrected chi connectivity index (χ0v) is 12.8. The fraction of sp³-hybridized carbons (Fsp3) is 0.556. The first-order valence-corrected chi connectivity index (χ1v) is 8.31. The first kappa shape index (κ1) is 13.4. The van der Waals surface area contributed by atoms with Gasteiger partial charge < -0.3 is 15.2 Å². The Hall–Kier alpha value is -1.32. The van der Waals surface area contributed by atoms with Crippen LogP contribution in [-0.2, 0) is 6.42 Å². The van der Waals surface area contributed by atoms with Crippen LogP contribution in [0.5, 0.6) is 0 Å². The van der Waals surface area contributed by atoms with E-state index in [1.807, 2.05) is 0 Å². The number of rotatable bonds is 4. The molecule has 2 atom stereocenters. The van der Waals surface area contributed by atoms with Crippen LogP contribution in [0.1, 0.15) is 31.2 Å². The third-order valence-electron chi connectivity index (χ3n) is 5.60. The van der Waals surface area contributed by atoms with Crippen LogP contribution in [0.15, 0.2) is 30.5 Å². The highest BCUT2D eigenvalue weighted by atomic mass is 15.2. The van der Waals surface area contributed by atoms with Crippen molar-refractivity contribution in [1.82, 2.24) is 15.2 Å². The normalized spacial score (nSPS) is 29.3. The molecule has 0 spiro atoms. The molecule has 0 saturated carbocycles. The van der Waals surface area contributed by atoms with Gasteiger partial charge in [0.05, 0.1) is 0 Å². The summed E-state index contributed by atoms with van der Waals surface area (Å²) in [5.74, 6) is 0. The Bertz CT molecular complexity index is 604. The minimum atomic E-state index is 0.726. The highest BCUT2D eigenvalue weighted by Crippen LogP contribution is 2.34. The maximum Gasteiger partial charge on any atom is 0.0456 e. The number of fused-ring (bicyclic) bond motifs is 3. The Morgan fingerprint density at radius 3 is 2.76 bits per heavy atom. The summed E-state index contributed by atoms with van der Waals surface area (Å²) in [5.41, 5.74) is 2.69. The van der Waals surface area contributed by atoms with Gasteiger partial charge in [-0.05, 0) is 57.3 Å². The van der Waals surface area contributed by atoms with Crippen molar-refractivity contribution in [2.24, 2.45) is 0 Å². The van der Waals surface area contributed by atoms with E-state index in [1.54, 1.807) is 0 Å². The van der Waals surface area contributed by atoms with Gasteiger partial charge in [0.1, 0.15) is 0 Å². The van der Waals surface area contributed by atoms with Gasteiger partial charge in [0.15, 0.2) is 0 Å². The number of piperidine rings is 1. The summed E-state index contributed by atoms with van der Waals surface area (Å²) in [6.45, 7) is 1.09. The highest BCUT2D eigenvalue weighted by Gasteiger charge is 2.37. The third-order valence-corrected chi connectivity index (χ3v) is 5.60. The summed E-state index contributed by atoms with van der Waals surface area (Å²) in [6.07, 6.45) is 8.77. The number of nitrogens with zero attached hydrogens (tertiary/aromatic N) is 1. The number of nitrogens with one attached hydrogen (secondary N) is 2. The minimum absolute atomic E-state index is 0.726. The summed E-state index contributed by atoms with van der Waals surface area (Å²) in [7, 11) is 2.31. The van der Waals surface area contributed by atoms with Gasteiger partial charge in [0.25, 0.3) is 0 Å². The van der Waals surface area contributed by atoms with Gasteiger partial charge in [-0.25, -0.2) is 0 Å². The fourth-order valence-corrected chi connectivity index (χ4v) is 4.33.